The van der Waals surface area contributed by atoms with Crippen LogP contribution in [-0.2, 0) is 10.0 Å². The summed E-state index contributed by atoms with van der Waals surface area (Å²) in [6, 6.07) is 23.4. The summed E-state index contributed by atoms with van der Waals surface area (Å²) in [6.07, 6.45) is 0. The number of benzene rings is 4. The summed E-state index contributed by atoms with van der Waals surface area (Å²) in [4.78, 5) is 27.3. The molecule has 0 fully saturated rings. The monoisotopic (exact) mass is 595 g/mol. The quantitative estimate of drug-likeness (QED) is 0.264. The molecule has 8 nitrogen and oxygen atoms in total. The molecule has 0 aromatic heterocycles. The Morgan fingerprint density at radius 2 is 1.41 bits per heavy atom. The molecule has 2 amide bonds. The van der Waals surface area contributed by atoms with Gasteiger partial charge in [0.15, 0.2) is 0 Å². The second-order valence-electron chi connectivity index (χ2n) is 10.0. The van der Waals surface area contributed by atoms with E-state index in [-0.39, 0.29) is 21.0 Å². The number of hydrogen-bond donors (Lipinski definition) is 2. The van der Waals surface area contributed by atoms with Gasteiger partial charge in [0.1, 0.15) is 11.6 Å². The standard InChI is InChI=1S/C30H27ClFN3O5S/c1-30(2,3)35(41(39,40)23-12-8-5-9-13-23)34(29(38)20-10-6-4-7-11-20)33-28(37)24-18-21(15-17-27(24)36)22-14-16-26(32)25(31)19-22/h4-19,36H,1-3H3,(H,33,37). The van der Waals surface area contributed by atoms with Crippen LogP contribution in [-0.4, -0.2) is 40.4 Å². The van der Waals surface area contributed by atoms with Crippen molar-refractivity contribution < 1.29 is 27.5 Å². The summed E-state index contributed by atoms with van der Waals surface area (Å²) in [5, 5.41) is 11.1. The number of aromatic hydroxyl groups is 1. The Morgan fingerprint density at radius 3 is 2.00 bits per heavy atom. The van der Waals surface area contributed by atoms with Crippen LogP contribution in [0.25, 0.3) is 11.1 Å². The van der Waals surface area contributed by atoms with Crippen molar-refractivity contribution in [1.82, 2.24) is 15.0 Å². The largest absolute Gasteiger partial charge is 0.507 e. The molecule has 0 unspecified atom stereocenters. The summed E-state index contributed by atoms with van der Waals surface area (Å²) in [6.45, 7) is 4.71. The number of phenolic OH excluding ortho intramolecular Hbond substituents is 1. The maximum Gasteiger partial charge on any atom is 0.288 e. The maximum atomic E-state index is 13.9. The van der Waals surface area contributed by atoms with Gasteiger partial charge in [0, 0.05) is 5.56 Å². The van der Waals surface area contributed by atoms with Crippen LogP contribution in [0.4, 0.5) is 4.39 Å². The number of carbonyl (C=O) groups is 2. The molecule has 0 aliphatic heterocycles. The fraction of sp³-hybridized carbons (Fsp3) is 0.133. The van der Waals surface area contributed by atoms with Crippen molar-refractivity contribution in [2.45, 2.75) is 31.2 Å². The lowest BCUT2D eigenvalue weighted by Crippen LogP contribution is -2.63. The van der Waals surface area contributed by atoms with Crippen LogP contribution in [0.1, 0.15) is 41.5 Å². The third-order valence-electron chi connectivity index (χ3n) is 5.94. The molecule has 4 rings (SSSR count). The van der Waals surface area contributed by atoms with Gasteiger partial charge in [0.05, 0.1) is 21.0 Å². The van der Waals surface area contributed by atoms with Gasteiger partial charge in [-0.1, -0.05) is 64.5 Å². The summed E-state index contributed by atoms with van der Waals surface area (Å²) in [5.41, 5.74) is 1.87. The highest BCUT2D eigenvalue weighted by Crippen LogP contribution is 2.30. The number of nitrogens with one attached hydrogen (secondary N) is 1. The zero-order valence-electron chi connectivity index (χ0n) is 22.4. The molecule has 0 saturated carbocycles. The van der Waals surface area contributed by atoms with Gasteiger partial charge in [-0.05, 0) is 80.4 Å². The molecule has 41 heavy (non-hydrogen) atoms. The van der Waals surface area contributed by atoms with Crippen molar-refractivity contribution in [3.05, 3.63) is 119 Å². The van der Waals surface area contributed by atoms with Crippen LogP contribution in [0.2, 0.25) is 5.02 Å². The second kappa shape index (κ2) is 11.7. The van der Waals surface area contributed by atoms with Crippen LogP contribution in [0.5, 0.6) is 5.75 Å². The first-order valence-corrected chi connectivity index (χ1v) is 14.2. The maximum absolute atomic E-state index is 13.9. The number of amides is 2. The van der Waals surface area contributed by atoms with Crippen LogP contribution in [0.15, 0.2) is 102 Å². The molecule has 0 aliphatic rings. The molecule has 0 radical (unpaired) electrons. The third-order valence-corrected chi connectivity index (χ3v) is 8.26. The van der Waals surface area contributed by atoms with Crippen molar-refractivity contribution in [3.63, 3.8) is 0 Å². The van der Waals surface area contributed by atoms with E-state index in [1.165, 1.54) is 60.7 Å². The smallest absolute Gasteiger partial charge is 0.288 e. The van der Waals surface area contributed by atoms with Crippen molar-refractivity contribution >= 4 is 33.4 Å². The number of hydrogen-bond acceptors (Lipinski definition) is 5. The van der Waals surface area contributed by atoms with E-state index < -0.39 is 38.9 Å². The molecule has 2 N–H and O–H groups in total. The molecule has 212 valence electrons. The van der Waals surface area contributed by atoms with Crippen LogP contribution < -0.4 is 5.43 Å². The number of sulfonamides is 1. The molecule has 11 heteroatoms. The molecule has 4 aromatic carbocycles. The first-order valence-electron chi connectivity index (χ1n) is 12.4. The highest BCUT2D eigenvalue weighted by atomic mass is 35.5. The zero-order chi connectivity index (χ0) is 29.9. The van der Waals surface area contributed by atoms with Crippen molar-refractivity contribution in [1.29, 1.82) is 0 Å². The molecule has 0 atom stereocenters. The Kier molecular flexibility index (Phi) is 8.48. The highest BCUT2D eigenvalue weighted by Gasteiger charge is 2.43. The number of rotatable bonds is 6. The molecule has 0 bridgehead atoms. The van der Waals surface area contributed by atoms with E-state index in [0.29, 0.717) is 16.2 Å². The Hall–Kier alpha value is -4.25. The predicted octanol–water partition coefficient (Wildman–Crippen LogP) is 6.04. The van der Waals surface area contributed by atoms with Crippen LogP contribution in [0.3, 0.4) is 0 Å². The SMILES string of the molecule is CC(C)(C)N(N(NC(=O)c1cc(-c2ccc(F)c(Cl)c2)ccc1O)C(=O)c1ccccc1)S(=O)(=O)c1ccccc1. The van der Waals surface area contributed by atoms with Gasteiger partial charge in [-0.3, -0.25) is 9.59 Å². The van der Waals surface area contributed by atoms with Crippen LogP contribution in [0, 0.1) is 5.82 Å². The van der Waals surface area contributed by atoms with E-state index in [0.717, 1.165) is 4.41 Å². The van der Waals surface area contributed by atoms with Gasteiger partial charge >= 0.3 is 0 Å². The fourth-order valence-corrected chi connectivity index (χ4v) is 6.00. The van der Waals surface area contributed by atoms with Crippen molar-refractivity contribution in [3.8, 4) is 16.9 Å². The first kappa shape index (κ1) is 29.7. The van der Waals surface area contributed by atoms with Crippen molar-refractivity contribution in [2.75, 3.05) is 0 Å². The normalized spacial score (nSPS) is 11.8. The fourth-order valence-electron chi connectivity index (χ4n) is 4.07. The van der Waals surface area contributed by atoms with Gasteiger partial charge in [-0.15, -0.1) is 0 Å². The highest BCUT2D eigenvalue weighted by molar-refractivity contribution is 7.89. The second-order valence-corrected chi connectivity index (χ2v) is 12.2. The Morgan fingerprint density at radius 1 is 0.854 bits per heavy atom. The minimum atomic E-state index is -4.40. The number of phenols is 1. The predicted molar refractivity (Wildman–Crippen MR) is 154 cm³/mol. The minimum Gasteiger partial charge on any atom is -0.507 e. The minimum absolute atomic E-state index is 0.101. The zero-order valence-corrected chi connectivity index (χ0v) is 23.9. The van der Waals surface area contributed by atoms with Gasteiger partial charge < -0.3 is 5.11 Å². The Labute approximate surface area is 242 Å². The van der Waals surface area contributed by atoms with E-state index in [1.54, 1.807) is 57.2 Å². The number of nitrogens with zero attached hydrogens (tertiary/aromatic N) is 2. The van der Waals surface area contributed by atoms with Crippen molar-refractivity contribution in [2.24, 2.45) is 0 Å². The average Bonchev–Trinajstić information content (AvgIpc) is 2.94. The molecule has 0 aliphatic carbocycles. The van der Waals surface area contributed by atoms with E-state index in [2.05, 4.69) is 5.43 Å². The molecular weight excluding hydrogens is 569 g/mol. The van der Waals surface area contributed by atoms with Crippen LogP contribution >= 0.6 is 11.6 Å². The van der Waals surface area contributed by atoms with Gasteiger partial charge in [-0.2, -0.15) is 5.12 Å². The summed E-state index contributed by atoms with van der Waals surface area (Å²) in [7, 11) is -4.40. The summed E-state index contributed by atoms with van der Waals surface area (Å²) < 4.78 is 42.4. The lowest BCUT2D eigenvalue weighted by Gasteiger charge is -2.41. The lowest BCUT2D eigenvalue weighted by molar-refractivity contribution is -0.0261. The number of hydrazine groups is 2. The van der Waals surface area contributed by atoms with Gasteiger partial charge in [0.25, 0.3) is 21.8 Å². The van der Waals surface area contributed by atoms with E-state index in [1.807, 2.05) is 0 Å². The molecule has 0 heterocycles. The van der Waals surface area contributed by atoms with Gasteiger partial charge in [-0.25, -0.2) is 18.2 Å². The Balaban J connectivity index is 1.82. The molecule has 0 saturated heterocycles. The van der Waals surface area contributed by atoms with Gasteiger partial charge in [0.2, 0.25) is 0 Å². The van der Waals surface area contributed by atoms with E-state index >= 15 is 0 Å². The number of halogens is 2. The number of carbonyl (C=O) groups excluding carboxylic acids is 2. The summed E-state index contributed by atoms with van der Waals surface area (Å²) in [5.74, 6) is -2.86. The lowest BCUT2D eigenvalue weighted by atomic mass is 10.0. The average molecular weight is 596 g/mol. The third kappa shape index (κ3) is 6.40. The summed E-state index contributed by atoms with van der Waals surface area (Å²) >= 11 is 5.92. The van der Waals surface area contributed by atoms with E-state index in [9.17, 15) is 27.5 Å². The first-order chi connectivity index (χ1) is 19.3. The van der Waals surface area contributed by atoms with E-state index in [4.69, 9.17) is 11.6 Å². The topological polar surface area (TPSA) is 107 Å². The molecule has 4 aromatic rings. The Bertz CT molecular complexity index is 1690. The molecular formula is C30H27ClFN3O5S. The molecule has 0 spiro atoms.